The average molecular weight is 460 g/mol. The minimum absolute atomic E-state index is 0.158. The summed E-state index contributed by atoms with van der Waals surface area (Å²) in [6.45, 7) is 3.61. The van der Waals surface area contributed by atoms with Crippen molar-refractivity contribution in [3.63, 3.8) is 0 Å². The summed E-state index contributed by atoms with van der Waals surface area (Å²) in [7, 11) is -2.34. The molecular formula is C24H21N5O3S. The van der Waals surface area contributed by atoms with Crippen molar-refractivity contribution < 1.29 is 13.2 Å². The van der Waals surface area contributed by atoms with Gasteiger partial charge in [0.05, 0.1) is 17.5 Å². The number of rotatable bonds is 5. The maximum Gasteiger partial charge on any atom is 0.229 e. The first kappa shape index (κ1) is 20.9. The standard InChI is InChI=1S/C24H21N5O3S/c1-15-8-9-16(2)21(14-15)33(30,31)24-23-26-22(25-17-10-12-18(32-3)13-11-17)19-6-4-5-7-20(19)29(23)28-27-24/h4-14H,1-3H3,(H,25,26). The van der Waals surface area contributed by atoms with Crippen molar-refractivity contribution in [2.24, 2.45) is 0 Å². The van der Waals surface area contributed by atoms with Crippen LogP contribution in [0.4, 0.5) is 11.5 Å². The van der Waals surface area contributed by atoms with E-state index in [1.54, 1.807) is 26.2 Å². The molecule has 2 aromatic heterocycles. The highest BCUT2D eigenvalue weighted by Gasteiger charge is 2.28. The minimum Gasteiger partial charge on any atom is -0.497 e. The number of nitrogens with zero attached hydrogens (tertiary/aromatic N) is 4. The number of fused-ring (bicyclic) bond motifs is 3. The van der Waals surface area contributed by atoms with Crippen LogP contribution in [-0.2, 0) is 9.84 Å². The second-order valence-electron chi connectivity index (χ2n) is 7.73. The second-order valence-corrected chi connectivity index (χ2v) is 9.57. The number of aromatic nitrogens is 4. The van der Waals surface area contributed by atoms with Crippen LogP contribution in [0.25, 0.3) is 16.6 Å². The highest BCUT2D eigenvalue weighted by atomic mass is 32.2. The van der Waals surface area contributed by atoms with Gasteiger partial charge >= 0.3 is 0 Å². The van der Waals surface area contributed by atoms with Gasteiger partial charge < -0.3 is 10.1 Å². The van der Waals surface area contributed by atoms with Crippen LogP contribution in [0.15, 0.2) is 76.7 Å². The lowest BCUT2D eigenvalue weighted by Crippen LogP contribution is -2.07. The van der Waals surface area contributed by atoms with E-state index in [1.807, 2.05) is 61.5 Å². The molecule has 0 saturated carbocycles. The molecule has 0 atom stereocenters. The zero-order chi connectivity index (χ0) is 23.2. The molecule has 9 heteroatoms. The van der Waals surface area contributed by atoms with E-state index in [-0.39, 0.29) is 15.6 Å². The van der Waals surface area contributed by atoms with Gasteiger partial charge in [0, 0.05) is 11.1 Å². The molecule has 8 nitrogen and oxygen atoms in total. The number of para-hydroxylation sites is 1. The predicted molar refractivity (Wildman–Crippen MR) is 126 cm³/mol. The summed E-state index contributed by atoms with van der Waals surface area (Å²) in [4.78, 5) is 4.86. The Labute approximate surface area is 190 Å². The molecule has 0 aliphatic carbocycles. The Kier molecular flexibility index (Phi) is 4.98. The third kappa shape index (κ3) is 3.56. The Morgan fingerprint density at radius 2 is 1.73 bits per heavy atom. The maximum absolute atomic E-state index is 13.6. The molecule has 0 spiro atoms. The van der Waals surface area contributed by atoms with Crippen LogP contribution < -0.4 is 10.1 Å². The zero-order valence-corrected chi connectivity index (χ0v) is 19.1. The smallest absolute Gasteiger partial charge is 0.229 e. The topological polar surface area (TPSA) is 98.5 Å². The van der Waals surface area contributed by atoms with Crippen molar-refractivity contribution in [2.75, 3.05) is 12.4 Å². The number of sulfone groups is 1. The van der Waals surface area contributed by atoms with Gasteiger partial charge in [0.2, 0.25) is 14.9 Å². The molecule has 1 N–H and O–H groups in total. The number of anilines is 2. The summed E-state index contributed by atoms with van der Waals surface area (Å²) in [5, 5.41) is 12.1. The highest BCUT2D eigenvalue weighted by molar-refractivity contribution is 7.91. The van der Waals surface area contributed by atoms with Gasteiger partial charge in [-0.05, 0) is 67.4 Å². The fourth-order valence-electron chi connectivity index (χ4n) is 3.73. The SMILES string of the molecule is COc1ccc(Nc2nc3c(S(=O)(=O)c4cc(C)ccc4C)nnn3c3ccccc23)cc1. The molecule has 5 rings (SSSR count). The number of ether oxygens (including phenoxy) is 1. The Morgan fingerprint density at radius 3 is 2.48 bits per heavy atom. The Hall–Kier alpha value is -3.98. The highest BCUT2D eigenvalue weighted by Crippen LogP contribution is 2.31. The monoisotopic (exact) mass is 459 g/mol. The van der Waals surface area contributed by atoms with Crippen molar-refractivity contribution in [2.45, 2.75) is 23.8 Å². The summed E-state index contributed by atoms with van der Waals surface area (Å²) >= 11 is 0. The molecule has 3 aromatic carbocycles. The molecule has 166 valence electrons. The lowest BCUT2D eigenvalue weighted by atomic mass is 10.2. The van der Waals surface area contributed by atoms with E-state index in [2.05, 4.69) is 20.6 Å². The molecule has 0 fully saturated rings. The zero-order valence-electron chi connectivity index (χ0n) is 18.3. The average Bonchev–Trinajstić information content (AvgIpc) is 3.26. The van der Waals surface area contributed by atoms with Crippen molar-refractivity contribution in [1.82, 2.24) is 19.8 Å². The van der Waals surface area contributed by atoms with Crippen LogP contribution in [0.1, 0.15) is 11.1 Å². The molecule has 0 bridgehead atoms. The summed E-state index contributed by atoms with van der Waals surface area (Å²) in [5.41, 5.74) is 3.11. The lowest BCUT2D eigenvalue weighted by Gasteiger charge is -2.11. The van der Waals surface area contributed by atoms with E-state index in [0.717, 1.165) is 22.4 Å². The first-order valence-corrected chi connectivity index (χ1v) is 11.7. The van der Waals surface area contributed by atoms with Crippen LogP contribution in [0.5, 0.6) is 5.75 Å². The van der Waals surface area contributed by atoms with Gasteiger partial charge in [-0.2, -0.15) is 4.52 Å². The third-order valence-corrected chi connectivity index (χ3v) is 7.25. The molecule has 0 unspecified atom stereocenters. The summed E-state index contributed by atoms with van der Waals surface area (Å²) in [5.74, 6) is 1.23. The molecule has 5 aromatic rings. The quantitative estimate of drug-likeness (QED) is 0.414. The number of aryl methyl sites for hydroxylation is 2. The number of benzene rings is 3. The predicted octanol–water partition coefficient (Wildman–Crippen LogP) is 4.48. The number of methoxy groups -OCH3 is 1. The van der Waals surface area contributed by atoms with Gasteiger partial charge in [-0.25, -0.2) is 13.4 Å². The maximum atomic E-state index is 13.6. The molecule has 2 heterocycles. The van der Waals surface area contributed by atoms with E-state index in [9.17, 15) is 8.42 Å². The molecule has 0 amide bonds. The Balaban J connectivity index is 1.72. The van der Waals surface area contributed by atoms with E-state index in [1.165, 1.54) is 4.52 Å². The van der Waals surface area contributed by atoms with Crippen LogP contribution >= 0.6 is 0 Å². The van der Waals surface area contributed by atoms with Crippen LogP contribution in [0, 0.1) is 13.8 Å². The number of hydrogen-bond donors (Lipinski definition) is 1. The molecular weight excluding hydrogens is 438 g/mol. The van der Waals surface area contributed by atoms with Crippen molar-refractivity contribution in [1.29, 1.82) is 0 Å². The van der Waals surface area contributed by atoms with E-state index in [4.69, 9.17) is 4.74 Å². The first-order valence-electron chi connectivity index (χ1n) is 10.3. The van der Waals surface area contributed by atoms with Gasteiger partial charge in [-0.15, -0.1) is 5.10 Å². The normalized spacial score (nSPS) is 11.7. The van der Waals surface area contributed by atoms with Crippen LogP contribution in [0.3, 0.4) is 0 Å². The summed E-state index contributed by atoms with van der Waals surface area (Å²) in [6.07, 6.45) is 0. The molecule has 0 aliphatic rings. The van der Waals surface area contributed by atoms with E-state index < -0.39 is 9.84 Å². The Morgan fingerprint density at radius 1 is 0.970 bits per heavy atom. The van der Waals surface area contributed by atoms with Crippen LogP contribution in [0.2, 0.25) is 0 Å². The molecule has 33 heavy (non-hydrogen) atoms. The van der Waals surface area contributed by atoms with Gasteiger partial charge in [0.15, 0.2) is 5.65 Å². The second kappa shape index (κ2) is 7.86. The van der Waals surface area contributed by atoms with Gasteiger partial charge in [-0.3, -0.25) is 0 Å². The molecule has 0 saturated heterocycles. The van der Waals surface area contributed by atoms with Crippen LogP contribution in [-0.4, -0.2) is 35.3 Å². The lowest BCUT2D eigenvalue weighted by molar-refractivity contribution is 0.415. The number of hydrogen-bond acceptors (Lipinski definition) is 7. The fraction of sp³-hybridized carbons (Fsp3) is 0.125. The molecule has 0 aliphatic heterocycles. The van der Waals surface area contributed by atoms with Crippen molar-refractivity contribution in [3.05, 3.63) is 77.9 Å². The summed E-state index contributed by atoms with van der Waals surface area (Å²) < 4.78 is 33.8. The first-order chi connectivity index (χ1) is 15.9. The van der Waals surface area contributed by atoms with Gasteiger partial charge in [-0.1, -0.05) is 29.5 Å². The van der Waals surface area contributed by atoms with Gasteiger partial charge in [0.25, 0.3) is 0 Å². The van der Waals surface area contributed by atoms with E-state index in [0.29, 0.717) is 16.9 Å². The largest absolute Gasteiger partial charge is 0.497 e. The van der Waals surface area contributed by atoms with Crippen molar-refractivity contribution in [3.8, 4) is 5.75 Å². The Bertz CT molecular complexity index is 1610. The molecule has 0 radical (unpaired) electrons. The van der Waals surface area contributed by atoms with E-state index >= 15 is 0 Å². The van der Waals surface area contributed by atoms with Gasteiger partial charge in [0.1, 0.15) is 11.6 Å². The third-order valence-electron chi connectivity index (χ3n) is 5.46. The van der Waals surface area contributed by atoms with Crippen molar-refractivity contribution >= 4 is 37.9 Å². The number of nitrogens with one attached hydrogen (secondary N) is 1. The minimum atomic E-state index is -3.94. The summed E-state index contributed by atoms with van der Waals surface area (Å²) in [6, 6.07) is 20.2. The fourth-order valence-corrected chi connectivity index (χ4v) is 5.28.